The third-order valence-electron chi connectivity index (χ3n) is 4.82. The number of hydrogen-bond acceptors (Lipinski definition) is 5. The van der Waals surface area contributed by atoms with E-state index in [2.05, 4.69) is 6.07 Å². The number of nitrogens with one attached hydrogen (secondary N) is 2. The normalized spacial score (nSPS) is 23.2. The fourth-order valence-corrected chi connectivity index (χ4v) is 3.33. The van der Waals surface area contributed by atoms with E-state index in [1.807, 2.05) is 38.1 Å². The van der Waals surface area contributed by atoms with E-state index in [0.29, 0.717) is 11.5 Å². The lowest BCUT2D eigenvalue weighted by Crippen LogP contribution is -2.26. The fraction of sp³-hybridized carbons (Fsp3) is 0.250. The lowest BCUT2D eigenvalue weighted by atomic mass is 9.97. The lowest BCUT2D eigenvalue weighted by molar-refractivity contribution is 0.459. The van der Waals surface area contributed by atoms with Crippen LogP contribution in [0.2, 0.25) is 0 Å². The molecular weight excluding hydrogens is 314 g/mol. The molecule has 1 aliphatic rings. The monoisotopic (exact) mass is 333 g/mol. The van der Waals surface area contributed by atoms with Crippen molar-refractivity contribution in [2.24, 2.45) is 16.7 Å². The summed E-state index contributed by atoms with van der Waals surface area (Å²) in [5.74, 6) is 0.315. The van der Waals surface area contributed by atoms with Gasteiger partial charge >= 0.3 is 0 Å². The number of nitrogens with zero attached hydrogens (tertiary/aromatic N) is 1. The zero-order valence-electron chi connectivity index (χ0n) is 14.1. The molecule has 2 atom stereocenters. The number of ether oxygens (including phenoxy) is 2. The number of nitriles is 1. The predicted octanol–water partition coefficient (Wildman–Crippen LogP) is 4.26. The minimum absolute atomic E-state index is 0.0286. The van der Waals surface area contributed by atoms with Crippen molar-refractivity contribution in [2.45, 2.75) is 13.8 Å². The van der Waals surface area contributed by atoms with Gasteiger partial charge in [-0.2, -0.15) is 5.26 Å². The van der Waals surface area contributed by atoms with Crippen LogP contribution in [0.15, 0.2) is 60.7 Å². The average Bonchev–Trinajstić information content (AvgIpc) is 3.13. The van der Waals surface area contributed by atoms with E-state index in [1.165, 1.54) is 0 Å². The first-order valence-electron chi connectivity index (χ1n) is 7.98. The van der Waals surface area contributed by atoms with Crippen LogP contribution in [-0.2, 0) is 0 Å². The minimum atomic E-state index is -1.21. The maximum atomic E-state index is 9.80. The predicted molar refractivity (Wildman–Crippen MR) is 94.9 cm³/mol. The van der Waals surface area contributed by atoms with Crippen molar-refractivity contribution < 1.29 is 9.47 Å². The Morgan fingerprint density at radius 1 is 0.920 bits per heavy atom. The molecule has 0 saturated heterocycles. The largest absolute Gasteiger partial charge is 0.443 e. The summed E-state index contributed by atoms with van der Waals surface area (Å²) in [7, 11) is 0. The molecule has 3 rings (SSSR count). The molecule has 5 nitrogen and oxygen atoms in total. The Bertz CT molecular complexity index is 840. The van der Waals surface area contributed by atoms with Gasteiger partial charge in [0.05, 0.1) is 12.0 Å². The van der Waals surface area contributed by atoms with Crippen molar-refractivity contribution in [3.8, 4) is 17.6 Å². The molecule has 0 bridgehead atoms. The van der Waals surface area contributed by atoms with E-state index >= 15 is 0 Å². The Hall–Kier alpha value is -3.13. The van der Waals surface area contributed by atoms with Crippen LogP contribution in [-0.4, -0.2) is 11.8 Å². The highest BCUT2D eigenvalue weighted by Crippen LogP contribution is 2.69. The molecule has 0 aromatic heterocycles. The molecule has 2 unspecified atom stereocenters. The molecule has 0 radical (unpaired) electrons. The lowest BCUT2D eigenvalue weighted by Gasteiger charge is -2.14. The molecule has 0 aliphatic heterocycles. The maximum Gasteiger partial charge on any atom is 0.209 e. The van der Waals surface area contributed by atoms with Gasteiger partial charge in [0.25, 0.3) is 0 Å². The Morgan fingerprint density at radius 2 is 1.40 bits per heavy atom. The van der Waals surface area contributed by atoms with Crippen LogP contribution in [0.1, 0.15) is 13.8 Å². The highest BCUT2D eigenvalue weighted by atomic mass is 16.5. The van der Waals surface area contributed by atoms with Gasteiger partial charge in [0.1, 0.15) is 11.5 Å². The zero-order chi connectivity index (χ0) is 18.1. The van der Waals surface area contributed by atoms with Gasteiger partial charge in [0.15, 0.2) is 11.3 Å². The quantitative estimate of drug-likeness (QED) is 0.647. The third kappa shape index (κ3) is 2.66. The van der Waals surface area contributed by atoms with E-state index in [9.17, 15) is 5.26 Å². The first kappa shape index (κ1) is 16.7. The maximum absolute atomic E-state index is 9.80. The van der Waals surface area contributed by atoms with Gasteiger partial charge in [-0.15, -0.1) is 0 Å². The topological polar surface area (TPSA) is 90.0 Å². The van der Waals surface area contributed by atoms with Gasteiger partial charge in [-0.1, -0.05) is 50.2 Å². The molecule has 2 N–H and O–H groups in total. The van der Waals surface area contributed by atoms with Gasteiger partial charge < -0.3 is 9.47 Å². The number of hydrogen-bond donors (Lipinski definition) is 2. The molecule has 1 fully saturated rings. The summed E-state index contributed by atoms with van der Waals surface area (Å²) in [6.07, 6.45) is 0. The van der Waals surface area contributed by atoms with Gasteiger partial charge in [-0.3, -0.25) is 10.8 Å². The van der Waals surface area contributed by atoms with Crippen LogP contribution < -0.4 is 9.47 Å². The Morgan fingerprint density at radius 3 is 1.88 bits per heavy atom. The van der Waals surface area contributed by atoms with E-state index < -0.39 is 16.7 Å². The van der Waals surface area contributed by atoms with Crippen LogP contribution in [0, 0.1) is 38.9 Å². The van der Waals surface area contributed by atoms with Crippen LogP contribution >= 0.6 is 0 Å². The Balaban J connectivity index is 1.82. The molecule has 0 heterocycles. The molecule has 1 saturated carbocycles. The SMILES string of the molecule is CC1(C)C(C(=N)Oc2ccccc2)C1(C#N)C(=N)Oc1ccccc1. The summed E-state index contributed by atoms with van der Waals surface area (Å²) in [5.41, 5.74) is -1.84. The van der Waals surface area contributed by atoms with Gasteiger partial charge in [0, 0.05) is 5.41 Å². The van der Waals surface area contributed by atoms with Crippen molar-refractivity contribution >= 4 is 11.8 Å². The molecule has 2 aromatic rings. The minimum Gasteiger partial charge on any atom is -0.443 e. The molecule has 0 amide bonds. The first-order chi connectivity index (χ1) is 11.9. The zero-order valence-corrected chi connectivity index (χ0v) is 14.1. The summed E-state index contributed by atoms with van der Waals surface area (Å²) in [6.45, 7) is 3.71. The summed E-state index contributed by atoms with van der Waals surface area (Å²) in [6, 6.07) is 20.1. The van der Waals surface area contributed by atoms with E-state index in [4.69, 9.17) is 20.3 Å². The van der Waals surface area contributed by atoms with Crippen molar-refractivity contribution in [3.63, 3.8) is 0 Å². The van der Waals surface area contributed by atoms with Crippen LogP contribution in [0.4, 0.5) is 0 Å². The van der Waals surface area contributed by atoms with E-state index in [0.717, 1.165) is 0 Å². The van der Waals surface area contributed by atoms with E-state index in [1.54, 1.807) is 36.4 Å². The molecule has 0 spiro atoms. The van der Waals surface area contributed by atoms with Gasteiger partial charge in [-0.05, 0) is 24.3 Å². The molecular formula is C20H19N3O2. The summed E-state index contributed by atoms with van der Waals surface area (Å²) >= 11 is 0. The summed E-state index contributed by atoms with van der Waals surface area (Å²) in [4.78, 5) is 0. The van der Waals surface area contributed by atoms with Crippen molar-refractivity contribution in [1.29, 1.82) is 16.1 Å². The second kappa shape index (κ2) is 6.06. The van der Waals surface area contributed by atoms with Crippen LogP contribution in [0.3, 0.4) is 0 Å². The van der Waals surface area contributed by atoms with Crippen LogP contribution in [0.5, 0.6) is 11.5 Å². The molecule has 2 aromatic carbocycles. The molecule has 126 valence electrons. The van der Waals surface area contributed by atoms with Crippen molar-refractivity contribution in [1.82, 2.24) is 0 Å². The number of para-hydroxylation sites is 2. The third-order valence-corrected chi connectivity index (χ3v) is 4.82. The Labute approximate surface area is 146 Å². The van der Waals surface area contributed by atoms with E-state index in [-0.39, 0.29) is 11.8 Å². The highest BCUT2D eigenvalue weighted by Gasteiger charge is 2.78. The summed E-state index contributed by atoms with van der Waals surface area (Å²) < 4.78 is 11.2. The van der Waals surface area contributed by atoms with Crippen molar-refractivity contribution in [3.05, 3.63) is 60.7 Å². The summed E-state index contributed by atoms with van der Waals surface area (Å²) in [5, 5.41) is 26.5. The number of rotatable bonds is 4. The fourth-order valence-electron chi connectivity index (χ4n) is 3.33. The molecule has 5 heteroatoms. The average molecular weight is 333 g/mol. The standard InChI is InChI=1S/C20H19N3O2/c1-19(2)16(17(22)24-14-9-5-3-6-10-14)20(19,13-21)18(23)25-15-11-7-4-8-12-15/h3-12,16,22-23H,1-2H3. The highest BCUT2D eigenvalue weighted by molar-refractivity contribution is 5.99. The Kier molecular flexibility index (Phi) is 4.05. The second-order valence-corrected chi connectivity index (χ2v) is 6.60. The second-order valence-electron chi connectivity index (χ2n) is 6.60. The number of benzene rings is 2. The molecule has 1 aliphatic carbocycles. The van der Waals surface area contributed by atoms with Crippen LogP contribution in [0.25, 0.3) is 0 Å². The van der Waals surface area contributed by atoms with Gasteiger partial charge in [-0.25, -0.2) is 0 Å². The first-order valence-corrected chi connectivity index (χ1v) is 7.98. The van der Waals surface area contributed by atoms with Crippen molar-refractivity contribution in [2.75, 3.05) is 0 Å². The van der Waals surface area contributed by atoms with Gasteiger partial charge in [0.2, 0.25) is 5.90 Å². The molecule has 25 heavy (non-hydrogen) atoms. The smallest absolute Gasteiger partial charge is 0.209 e.